The number of aliphatic hydroxyl groups is 1. The minimum atomic E-state index is -0.565. The van der Waals surface area contributed by atoms with Gasteiger partial charge in [0.25, 0.3) is 5.91 Å². The lowest BCUT2D eigenvalue weighted by Gasteiger charge is -2.38. The molecular formula is C19H26N2O3. The standard InChI is InChI=1S/C19H26N2O3/c22-14-19(9-4-10-19)18(24)20-13-15-5-7-16(8-6-15)17(23)21-11-2-1-3-12-21/h5-8,22H,1-4,9-14H2,(H,20,24). The number of amides is 2. The maximum Gasteiger partial charge on any atom is 0.253 e. The van der Waals surface area contributed by atoms with E-state index in [9.17, 15) is 14.7 Å². The Bertz CT molecular complexity index is 582. The summed E-state index contributed by atoms with van der Waals surface area (Å²) in [6, 6.07) is 7.46. The van der Waals surface area contributed by atoms with E-state index in [-0.39, 0.29) is 18.4 Å². The molecule has 1 aromatic rings. The maximum absolute atomic E-state index is 12.4. The number of likely N-dealkylation sites (tertiary alicyclic amines) is 1. The Morgan fingerprint density at radius 2 is 1.71 bits per heavy atom. The molecule has 2 aliphatic rings. The van der Waals surface area contributed by atoms with Crippen LogP contribution in [0.4, 0.5) is 0 Å². The maximum atomic E-state index is 12.4. The number of carbonyl (C=O) groups is 2. The second kappa shape index (κ2) is 7.34. The zero-order chi connectivity index (χ0) is 17.0. The molecule has 0 aromatic heterocycles. The van der Waals surface area contributed by atoms with Gasteiger partial charge < -0.3 is 15.3 Å². The summed E-state index contributed by atoms with van der Waals surface area (Å²) in [7, 11) is 0. The molecular weight excluding hydrogens is 304 g/mol. The number of carbonyl (C=O) groups excluding carboxylic acids is 2. The third-order valence-electron chi connectivity index (χ3n) is 5.39. The van der Waals surface area contributed by atoms with Crippen molar-refractivity contribution in [2.75, 3.05) is 19.7 Å². The lowest BCUT2D eigenvalue weighted by molar-refractivity contribution is -0.139. The lowest BCUT2D eigenvalue weighted by atomic mass is 9.68. The fourth-order valence-corrected chi connectivity index (χ4v) is 3.48. The first-order chi connectivity index (χ1) is 11.6. The zero-order valence-corrected chi connectivity index (χ0v) is 14.1. The average molecular weight is 330 g/mol. The lowest BCUT2D eigenvalue weighted by Crippen LogP contribution is -2.47. The second-order valence-corrected chi connectivity index (χ2v) is 7.02. The molecule has 3 rings (SSSR count). The Hall–Kier alpha value is -1.88. The number of aliphatic hydroxyl groups excluding tert-OH is 1. The molecule has 0 bridgehead atoms. The summed E-state index contributed by atoms with van der Waals surface area (Å²) in [6.45, 7) is 2.04. The fourth-order valence-electron chi connectivity index (χ4n) is 3.48. The third kappa shape index (κ3) is 3.46. The SMILES string of the molecule is O=C(c1ccc(CNC(=O)C2(CO)CCC2)cc1)N1CCCCC1. The fraction of sp³-hybridized carbons (Fsp3) is 0.579. The Morgan fingerprint density at radius 1 is 1.04 bits per heavy atom. The van der Waals surface area contributed by atoms with Crippen molar-refractivity contribution in [2.45, 2.75) is 45.1 Å². The highest BCUT2D eigenvalue weighted by atomic mass is 16.3. The van der Waals surface area contributed by atoms with Crippen molar-refractivity contribution in [2.24, 2.45) is 5.41 Å². The number of piperidine rings is 1. The highest BCUT2D eigenvalue weighted by Gasteiger charge is 2.43. The van der Waals surface area contributed by atoms with Gasteiger partial charge in [0.15, 0.2) is 0 Å². The van der Waals surface area contributed by atoms with Gasteiger partial charge in [-0.15, -0.1) is 0 Å². The van der Waals surface area contributed by atoms with E-state index in [1.807, 2.05) is 29.2 Å². The summed E-state index contributed by atoms with van der Waals surface area (Å²) in [6.07, 6.45) is 5.90. The molecule has 1 saturated heterocycles. The Labute approximate surface area is 143 Å². The van der Waals surface area contributed by atoms with Crippen LogP contribution in [0.25, 0.3) is 0 Å². The van der Waals surface area contributed by atoms with Crippen LogP contribution in [0.1, 0.15) is 54.4 Å². The molecule has 1 saturated carbocycles. The quantitative estimate of drug-likeness (QED) is 0.868. The summed E-state index contributed by atoms with van der Waals surface area (Å²) in [4.78, 5) is 26.5. The van der Waals surface area contributed by atoms with Crippen LogP contribution < -0.4 is 5.32 Å². The third-order valence-corrected chi connectivity index (χ3v) is 5.39. The normalized spacial score (nSPS) is 19.5. The van der Waals surface area contributed by atoms with E-state index in [0.717, 1.165) is 50.8 Å². The van der Waals surface area contributed by atoms with Gasteiger partial charge in [-0.1, -0.05) is 18.6 Å². The topological polar surface area (TPSA) is 69.6 Å². The van der Waals surface area contributed by atoms with Crippen LogP contribution in [-0.4, -0.2) is 41.5 Å². The Kier molecular flexibility index (Phi) is 5.19. The van der Waals surface area contributed by atoms with Gasteiger partial charge in [-0.3, -0.25) is 9.59 Å². The molecule has 1 aliphatic carbocycles. The summed E-state index contributed by atoms with van der Waals surface area (Å²) >= 11 is 0. The summed E-state index contributed by atoms with van der Waals surface area (Å²) in [5, 5.41) is 12.3. The number of hydrogen-bond acceptors (Lipinski definition) is 3. The zero-order valence-electron chi connectivity index (χ0n) is 14.1. The van der Waals surface area contributed by atoms with Gasteiger partial charge in [-0.25, -0.2) is 0 Å². The predicted octanol–water partition coefficient (Wildman–Crippen LogP) is 2.09. The predicted molar refractivity (Wildman–Crippen MR) is 91.4 cm³/mol. The van der Waals surface area contributed by atoms with Gasteiger partial charge in [0.1, 0.15) is 0 Å². The first kappa shape index (κ1) is 17.0. The van der Waals surface area contributed by atoms with E-state index >= 15 is 0 Å². The Balaban J connectivity index is 1.54. The largest absolute Gasteiger partial charge is 0.395 e. The molecule has 1 heterocycles. The van der Waals surface area contributed by atoms with Crippen molar-refractivity contribution in [3.05, 3.63) is 35.4 Å². The van der Waals surface area contributed by atoms with Crippen LogP contribution in [0.2, 0.25) is 0 Å². The summed E-state index contributed by atoms with van der Waals surface area (Å²) in [5.41, 5.74) is 1.10. The molecule has 2 amide bonds. The van der Waals surface area contributed by atoms with E-state index in [1.54, 1.807) is 0 Å². The van der Waals surface area contributed by atoms with Gasteiger partial charge in [0.2, 0.25) is 5.91 Å². The van der Waals surface area contributed by atoms with Gasteiger partial charge in [0, 0.05) is 25.2 Å². The second-order valence-electron chi connectivity index (χ2n) is 7.02. The molecule has 2 N–H and O–H groups in total. The highest BCUT2D eigenvalue weighted by molar-refractivity contribution is 5.94. The van der Waals surface area contributed by atoms with Crippen LogP contribution in [0.15, 0.2) is 24.3 Å². The van der Waals surface area contributed by atoms with E-state index in [4.69, 9.17) is 0 Å². The van der Waals surface area contributed by atoms with Crippen molar-refractivity contribution in [1.29, 1.82) is 0 Å². The van der Waals surface area contributed by atoms with Crippen LogP contribution >= 0.6 is 0 Å². The molecule has 0 spiro atoms. The molecule has 1 aromatic carbocycles. The van der Waals surface area contributed by atoms with E-state index in [1.165, 1.54) is 6.42 Å². The smallest absolute Gasteiger partial charge is 0.253 e. The van der Waals surface area contributed by atoms with Crippen molar-refractivity contribution in [1.82, 2.24) is 10.2 Å². The van der Waals surface area contributed by atoms with E-state index < -0.39 is 5.41 Å². The van der Waals surface area contributed by atoms with Crippen molar-refractivity contribution >= 4 is 11.8 Å². The molecule has 5 nitrogen and oxygen atoms in total. The van der Waals surface area contributed by atoms with Gasteiger partial charge in [-0.05, 0) is 49.8 Å². The monoisotopic (exact) mass is 330 g/mol. The first-order valence-corrected chi connectivity index (χ1v) is 8.92. The van der Waals surface area contributed by atoms with Crippen LogP contribution in [0.5, 0.6) is 0 Å². The number of rotatable bonds is 5. The van der Waals surface area contributed by atoms with Gasteiger partial charge in [0.05, 0.1) is 12.0 Å². The molecule has 2 fully saturated rings. The summed E-state index contributed by atoms with van der Waals surface area (Å²) in [5.74, 6) is 0.0312. The minimum absolute atomic E-state index is 0.0651. The number of nitrogens with zero attached hydrogens (tertiary/aromatic N) is 1. The molecule has 1 aliphatic heterocycles. The van der Waals surface area contributed by atoms with Crippen molar-refractivity contribution in [3.8, 4) is 0 Å². The van der Waals surface area contributed by atoms with Crippen LogP contribution in [0.3, 0.4) is 0 Å². The summed E-state index contributed by atoms with van der Waals surface area (Å²) < 4.78 is 0. The first-order valence-electron chi connectivity index (χ1n) is 8.92. The molecule has 5 heteroatoms. The molecule has 0 unspecified atom stereocenters. The molecule has 130 valence electrons. The molecule has 0 radical (unpaired) electrons. The minimum Gasteiger partial charge on any atom is -0.395 e. The number of benzene rings is 1. The number of hydrogen-bond donors (Lipinski definition) is 2. The van der Waals surface area contributed by atoms with E-state index in [2.05, 4.69) is 5.32 Å². The van der Waals surface area contributed by atoms with Crippen molar-refractivity contribution < 1.29 is 14.7 Å². The Morgan fingerprint density at radius 3 is 2.25 bits per heavy atom. The molecule has 24 heavy (non-hydrogen) atoms. The van der Waals surface area contributed by atoms with Crippen LogP contribution in [0, 0.1) is 5.41 Å². The van der Waals surface area contributed by atoms with Gasteiger partial charge >= 0.3 is 0 Å². The average Bonchev–Trinajstić information content (AvgIpc) is 2.60. The van der Waals surface area contributed by atoms with Gasteiger partial charge in [-0.2, -0.15) is 0 Å². The van der Waals surface area contributed by atoms with Crippen molar-refractivity contribution in [3.63, 3.8) is 0 Å². The molecule has 0 atom stereocenters. The number of nitrogens with one attached hydrogen (secondary N) is 1. The highest BCUT2D eigenvalue weighted by Crippen LogP contribution is 2.40. The van der Waals surface area contributed by atoms with Crippen LogP contribution in [-0.2, 0) is 11.3 Å². The van der Waals surface area contributed by atoms with E-state index in [0.29, 0.717) is 12.1 Å².